The molecule has 0 radical (unpaired) electrons. The van der Waals surface area contributed by atoms with E-state index >= 15 is 0 Å². The van der Waals surface area contributed by atoms with Crippen molar-refractivity contribution in [2.24, 2.45) is 0 Å². The highest BCUT2D eigenvalue weighted by Gasteiger charge is 2.22. The number of pyridine rings is 1. The number of benzene rings is 3. The van der Waals surface area contributed by atoms with Crippen molar-refractivity contribution in [3.8, 4) is 28.2 Å². The number of rotatable bonds is 3. The molecule has 0 atom stereocenters. The number of aryl methyl sites for hydroxylation is 3. The highest BCUT2D eigenvalue weighted by molar-refractivity contribution is 5.63. The maximum Gasteiger partial charge on any atom is 0.219 e. The van der Waals surface area contributed by atoms with Gasteiger partial charge < -0.3 is 0 Å². The zero-order valence-corrected chi connectivity index (χ0v) is 16.1. The largest absolute Gasteiger partial charge is 0.219 e. The Balaban J connectivity index is 1.99. The van der Waals surface area contributed by atoms with E-state index in [1.165, 1.54) is 44.9 Å². The molecule has 0 bridgehead atoms. The van der Waals surface area contributed by atoms with Crippen LogP contribution >= 0.6 is 0 Å². The molecule has 1 nitrogen and oxygen atoms in total. The Hall–Kier alpha value is -3.19. The Morgan fingerprint density at radius 2 is 0.815 bits per heavy atom. The summed E-state index contributed by atoms with van der Waals surface area (Å²) in [5, 5.41) is 0. The van der Waals surface area contributed by atoms with Gasteiger partial charge in [0, 0.05) is 35.4 Å². The van der Waals surface area contributed by atoms with E-state index in [2.05, 4.69) is 116 Å². The zero-order valence-electron chi connectivity index (χ0n) is 16.1. The fourth-order valence-corrected chi connectivity index (χ4v) is 3.38. The molecule has 0 spiro atoms. The van der Waals surface area contributed by atoms with E-state index in [0.717, 1.165) is 0 Å². The first-order valence-electron chi connectivity index (χ1n) is 9.38. The zero-order chi connectivity index (χ0) is 18.8. The van der Waals surface area contributed by atoms with Gasteiger partial charge in [-0.1, -0.05) is 53.1 Å². The minimum absolute atomic E-state index is 1.17. The highest BCUT2D eigenvalue weighted by Crippen LogP contribution is 2.24. The van der Waals surface area contributed by atoms with Gasteiger partial charge in [0.25, 0.3) is 0 Å². The highest BCUT2D eigenvalue weighted by atomic mass is 15.0. The van der Waals surface area contributed by atoms with Crippen LogP contribution in [0.3, 0.4) is 0 Å². The normalized spacial score (nSPS) is 10.8. The Kier molecular flexibility index (Phi) is 4.60. The van der Waals surface area contributed by atoms with Crippen molar-refractivity contribution in [1.29, 1.82) is 0 Å². The summed E-state index contributed by atoms with van der Waals surface area (Å²) in [7, 11) is 0. The molecule has 0 fully saturated rings. The van der Waals surface area contributed by atoms with Crippen molar-refractivity contribution >= 4 is 0 Å². The second kappa shape index (κ2) is 7.20. The molecule has 0 aliphatic heterocycles. The van der Waals surface area contributed by atoms with E-state index in [0.29, 0.717) is 0 Å². The van der Waals surface area contributed by atoms with Gasteiger partial charge in [0.15, 0.2) is 0 Å². The number of hydrogen-bond donors (Lipinski definition) is 0. The van der Waals surface area contributed by atoms with Crippen LogP contribution in [0.5, 0.6) is 0 Å². The van der Waals surface area contributed by atoms with E-state index in [-0.39, 0.29) is 0 Å². The smallest absolute Gasteiger partial charge is 0.153 e. The molecule has 0 amide bonds. The van der Waals surface area contributed by atoms with Gasteiger partial charge in [-0.15, -0.1) is 0 Å². The summed E-state index contributed by atoms with van der Waals surface area (Å²) in [5.41, 5.74) is 9.81. The van der Waals surface area contributed by atoms with Gasteiger partial charge in [0.2, 0.25) is 17.1 Å². The summed E-state index contributed by atoms with van der Waals surface area (Å²) < 4.78 is 2.36. The molecule has 1 heteroatoms. The van der Waals surface area contributed by atoms with Crippen LogP contribution in [-0.2, 0) is 0 Å². The molecule has 0 saturated carbocycles. The number of nitrogens with zero attached hydrogens (tertiary/aromatic N) is 1. The second-order valence-electron chi connectivity index (χ2n) is 7.20. The summed E-state index contributed by atoms with van der Waals surface area (Å²) in [6.45, 7) is 6.38. The van der Waals surface area contributed by atoms with E-state index in [1.54, 1.807) is 0 Å². The minimum atomic E-state index is 1.17. The molecule has 4 aromatic rings. The van der Waals surface area contributed by atoms with E-state index in [9.17, 15) is 0 Å². The molecule has 132 valence electrons. The van der Waals surface area contributed by atoms with Gasteiger partial charge in [-0.2, -0.15) is 4.57 Å². The number of aromatic nitrogens is 1. The molecule has 0 unspecified atom stereocenters. The van der Waals surface area contributed by atoms with Crippen LogP contribution in [-0.4, -0.2) is 0 Å². The lowest BCUT2D eigenvalue weighted by Crippen LogP contribution is -2.36. The van der Waals surface area contributed by atoms with Crippen LogP contribution in [0, 0.1) is 20.8 Å². The quantitative estimate of drug-likeness (QED) is 0.386. The topological polar surface area (TPSA) is 3.88 Å². The van der Waals surface area contributed by atoms with Crippen LogP contribution < -0.4 is 4.57 Å². The van der Waals surface area contributed by atoms with Crippen LogP contribution in [0.1, 0.15) is 16.7 Å². The maximum absolute atomic E-state index is 2.36. The second-order valence-corrected chi connectivity index (χ2v) is 7.20. The van der Waals surface area contributed by atoms with Crippen molar-refractivity contribution in [3.63, 3.8) is 0 Å². The third-order valence-corrected chi connectivity index (χ3v) is 4.98. The van der Waals surface area contributed by atoms with Crippen LogP contribution in [0.4, 0.5) is 0 Å². The average molecular weight is 350 g/mol. The molecule has 0 aliphatic carbocycles. The average Bonchev–Trinajstić information content (AvgIpc) is 2.69. The molecule has 1 heterocycles. The number of hydrogen-bond acceptors (Lipinski definition) is 0. The lowest BCUT2D eigenvalue weighted by Gasteiger charge is -2.10. The van der Waals surface area contributed by atoms with Gasteiger partial charge in [0.1, 0.15) is 0 Å². The van der Waals surface area contributed by atoms with Gasteiger partial charge >= 0.3 is 0 Å². The third kappa shape index (κ3) is 3.54. The molecule has 0 saturated heterocycles. The van der Waals surface area contributed by atoms with Gasteiger partial charge in [-0.3, -0.25) is 0 Å². The Morgan fingerprint density at radius 1 is 0.444 bits per heavy atom. The van der Waals surface area contributed by atoms with E-state index in [1.807, 2.05) is 0 Å². The molecular formula is C26H24N+. The minimum Gasteiger partial charge on any atom is -0.153 e. The predicted molar refractivity (Wildman–Crippen MR) is 113 cm³/mol. The van der Waals surface area contributed by atoms with Crippen molar-refractivity contribution < 1.29 is 4.57 Å². The summed E-state index contributed by atoms with van der Waals surface area (Å²) in [6.07, 6.45) is 0. The summed E-state index contributed by atoms with van der Waals surface area (Å²) in [4.78, 5) is 0. The first-order chi connectivity index (χ1) is 13.1. The van der Waals surface area contributed by atoms with Crippen molar-refractivity contribution in [3.05, 3.63) is 108 Å². The molecule has 0 aliphatic rings. The van der Waals surface area contributed by atoms with Crippen LogP contribution in [0.25, 0.3) is 28.2 Å². The maximum atomic E-state index is 2.36. The molecule has 1 aromatic heterocycles. The first kappa shape index (κ1) is 17.2. The van der Waals surface area contributed by atoms with E-state index < -0.39 is 0 Å². The van der Waals surface area contributed by atoms with Crippen molar-refractivity contribution in [1.82, 2.24) is 0 Å². The van der Waals surface area contributed by atoms with Crippen molar-refractivity contribution in [2.75, 3.05) is 0 Å². The molecule has 4 rings (SSSR count). The van der Waals surface area contributed by atoms with Crippen LogP contribution in [0.15, 0.2) is 91.0 Å². The predicted octanol–water partition coefficient (Wildman–Crippen LogP) is 6.22. The SMILES string of the molecule is Cc1ccc(-c2cccc(-c3ccc(C)cc3)[n+]2-c2ccc(C)cc2)cc1. The van der Waals surface area contributed by atoms with Gasteiger partial charge in [0.05, 0.1) is 0 Å². The molecule has 0 N–H and O–H groups in total. The lowest BCUT2D eigenvalue weighted by atomic mass is 10.0. The fourth-order valence-electron chi connectivity index (χ4n) is 3.38. The Labute approximate surface area is 161 Å². The molecule has 3 aromatic carbocycles. The Morgan fingerprint density at radius 3 is 1.22 bits per heavy atom. The lowest BCUT2D eigenvalue weighted by molar-refractivity contribution is -0.572. The monoisotopic (exact) mass is 350 g/mol. The first-order valence-corrected chi connectivity index (χ1v) is 9.38. The van der Waals surface area contributed by atoms with Crippen LogP contribution in [0.2, 0.25) is 0 Å². The Bertz CT molecular complexity index is 993. The standard InChI is InChI=1S/C26H24N/c1-19-7-13-22(14-8-19)25-5-4-6-26(23-15-9-20(2)10-16-23)27(25)24-17-11-21(3)12-18-24/h4-18H,1-3H3/q+1. The van der Waals surface area contributed by atoms with E-state index in [4.69, 9.17) is 0 Å². The molecule has 27 heavy (non-hydrogen) atoms. The van der Waals surface area contributed by atoms with Gasteiger partial charge in [-0.25, -0.2) is 0 Å². The fraction of sp³-hybridized carbons (Fsp3) is 0.115. The summed E-state index contributed by atoms with van der Waals surface area (Å²) >= 11 is 0. The summed E-state index contributed by atoms with van der Waals surface area (Å²) in [5.74, 6) is 0. The summed E-state index contributed by atoms with van der Waals surface area (Å²) in [6, 6.07) is 32.8. The van der Waals surface area contributed by atoms with Gasteiger partial charge in [-0.05, 0) is 51.1 Å². The third-order valence-electron chi connectivity index (χ3n) is 4.98. The van der Waals surface area contributed by atoms with Crippen molar-refractivity contribution in [2.45, 2.75) is 20.8 Å². The molecular weight excluding hydrogens is 326 g/mol.